The average Bonchev–Trinajstić information content (AvgIpc) is 2.26. The number of ether oxygens (including phenoxy) is 1. The van der Waals surface area contributed by atoms with Gasteiger partial charge >= 0.3 is 5.97 Å². The Bertz CT molecular complexity index is 445. The number of hydrogen-bond acceptors (Lipinski definition) is 4. The van der Waals surface area contributed by atoms with E-state index in [0.29, 0.717) is 0 Å². The van der Waals surface area contributed by atoms with Gasteiger partial charge in [0.2, 0.25) is 0 Å². The summed E-state index contributed by atoms with van der Waals surface area (Å²) in [4.78, 5) is 21.3. The van der Waals surface area contributed by atoms with Crippen LogP contribution in [-0.2, 0) is 11.2 Å². The van der Waals surface area contributed by atoms with Crippen molar-refractivity contribution in [3.8, 4) is 0 Å². The van der Waals surface area contributed by atoms with Gasteiger partial charge in [-0.1, -0.05) is 6.92 Å². The van der Waals surface area contributed by atoms with Crippen molar-refractivity contribution in [2.24, 2.45) is 0 Å². The lowest BCUT2D eigenvalue weighted by atomic mass is 10.0. The van der Waals surface area contributed by atoms with Crippen molar-refractivity contribution >= 4 is 11.7 Å². The Morgan fingerprint density at radius 1 is 1.56 bits per heavy atom. The smallest absolute Gasteiger partial charge is 0.341 e. The molecule has 0 heterocycles. The van der Waals surface area contributed by atoms with E-state index in [4.69, 9.17) is 0 Å². The second kappa shape index (κ2) is 4.69. The zero-order chi connectivity index (χ0) is 12.3. The Morgan fingerprint density at radius 3 is 2.62 bits per heavy atom. The largest absolute Gasteiger partial charge is 0.465 e. The Hall–Kier alpha value is -1.98. The minimum atomic E-state index is -0.905. The van der Waals surface area contributed by atoms with Crippen LogP contribution in [0.3, 0.4) is 0 Å². The van der Waals surface area contributed by atoms with Crippen molar-refractivity contribution in [2.45, 2.75) is 13.3 Å². The predicted octanol–water partition coefficient (Wildman–Crippen LogP) is 2.08. The molecule has 0 aromatic heterocycles. The highest BCUT2D eigenvalue weighted by Crippen LogP contribution is 2.25. The molecule has 0 N–H and O–H groups in total. The van der Waals surface area contributed by atoms with Gasteiger partial charge in [0.05, 0.1) is 12.0 Å². The minimum absolute atomic E-state index is 0.0526. The molecule has 0 fully saturated rings. The van der Waals surface area contributed by atoms with Gasteiger partial charge in [0.1, 0.15) is 11.4 Å². The molecule has 1 aromatic carbocycles. The van der Waals surface area contributed by atoms with Gasteiger partial charge in [-0.25, -0.2) is 9.18 Å². The monoisotopic (exact) mass is 227 g/mol. The molecule has 1 rings (SSSR count). The summed E-state index contributed by atoms with van der Waals surface area (Å²) in [5.74, 6) is -1.72. The summed E-state index contributed by atoms with van der Waals surface area (Å²) in [6.07, 6.45) is 0.179. The molecule has 16 heavy (non-hydrogen) atoms. The topological polar surface area (TPSA) is 69.4 Å². The number of nitro groups is 1. The SMILES string of the molecule is CCc1c([N+](=O)[O-])ccc(F)c1C(=O)OC. The molecule has 1 aromatic rings. The summed E-state index contributed by atoms with van der Waals surface area (Å²) in [7, 11) is 1.10. The highest BCUT2D eigenvalue weighted by Gasteiger charge is 2.24. The van der Waals surface area contributed by atoms with Crippen molar-refractivity contribution < 1.29 is 18.8 Å². The van der Waals surface area contributed by atoms with Crippen LogP contribution in [0, 0.1) is 15.9 Å². The predicted molar refractivity (Wildman–Crippen MR) is 53.8 cm³/mol. The van der Waals surface area contributed by atoms with E-state index in [1.54, 1.807) is 6.92 Å². The normalized spacial score (nSPS) is 9.94. The third-order valence-corrected chi connectivity index (χ3v) is 2.18. The van der Waals surface area contributed by atoms with Crippen molar-refractivity contribution in [3.05, 3.63) is 39.2 Å². The first-order valence-corrected chi connectivity index (χ1v) is 4.57. The third-order valence-electron chi connectivity index (χ3n) is 2.18. The molecule has 0 aliphatic rings. The number of nitrogens with zero attached hydrogens (tertiary/aromatic N) is 1. The number of rotatable bonds is 3. The summed E-state index contributed by atoms with van der Waals surface area (Å²) in [6.45, 7) is 1.61. The zero-order valence-corrected chi connectivity index (χ0v) is 8.82. The van der Waals surface area contributed by atoms with Gasteiger partial charge in [0.15, 0.2) is 0 Å². The van der Waals surface area contributed by atoms with E-state index >= 15 is 0 Å². The number of methoxy groups -OCH3 is 1. The molecule has 0 radical (unpaired) electrons. The maximum absolute atomic E-state index is 13.4. The molecule has 0 saturated heterocycles. The molecule has 86 valence electrons. The van der Waals surface area contributed by atoms with Gasteiger partial charge < -0.3 is 4.74 Å². The lowest BCUT2D eigenvalue weighted by Gasteiger charge is -2.07. The summed E-state index contributed by atoms with van der Waals surface area (Å²) in [5, 5.41) is 10.7. The summed E-state index contributed by atoms with van der Waals surface area (Å²) >= 11 is 0. The number of nitro benzene ring substituents is 1. The fourth-order valence-corrected chi connectivity index (χ4v) is 1.46. The van der Waals surface area contributed by atoms with Crippen LogP contribution >= 0.6 is 0 Å². The molecule has 6 heteroatoms. The van der Waals surface area contributed by atoms with Crippen LogP contribution in [0.15, 0.2) is 12.1 Å². The quantitative estimate of drug-likeness (QED) is 0.450. The van der Waals surface area contributed by atoms with Crippen molar-refractivity contribution in [1.82, 2.24) is 0 Å². The van der Waals surface area contributed by atoms with Crippen LogP contribution in [0.4, 0.5) is 10.1 Å². The lowest BCUT2D eigenvalue weighted by molar-refractivity contribution is -0.385. The number of esters is 1. The first kappa shape index (κ1) is 12.1. The number of benzene rings is 1. The number of carbonyl (C=O) groups excluding carboxylic acids is 1. The van der Waals surface area contributed by atoms with E-state index in [0.717, 1.165) is 19.2 Å². The van der Waals surface area contributed by atoms with Gasteiger partial charge in [-0.05, 0) is 12.5 Å². The van der Waals surface area contributed by atoms with Crippen molar-refractivity contribution in [2.75, 3.05) is 7.11 Å². The summed E-state index contributed by atoms with van der Waals surface area (Å²) < 4.78 is 17.8. The van der Waals surface area contributed by atoms with Crippen LogP contribution in [-0.4, -0.2) is 18.0 Å². The first-order valence-electron chi connectivity index (χ1n) is 4.57. The molecule has 0 bridgehead atoms. The van der Waals surface area contributed by atoms with Gasteiger partial charge in [0, 0.05) is 11.6 Å². The van der Waals surface area contributed by atoms with E-state index in [1.807, 2.05) is 0 Å². The van der Waals surface area contributed by atoms with Gasteiger partial charge in [-0.3, -0.25) is 10.1 Å². The fraction of sp³-hybridized carbons (Fsp3) is 0.300. The molecule has 0 saturated carbocycles. The Morgan fingerprint density at radius 2 is 2.19 bits per heavy atom. The summed E-state index contributed by atoms with van der Waals surface area (Å²) in [6, 6.07) is 1.93. The van der Waals surface area contributed by atoms with E-state index in [9.17, 15) is 19.3 Å². The van der Waals surface area contributed by atoms with Crippen LogP contribution in [0.25, 0.3) is 0 Å². The standard InChI is InChI=1S/C10H10FNO4/c1-3-6-8(12(14)15)5-4-7(11)9(6)10(13)16-2/h4-5H,3H2,1-2H3. The second-order valence-corrected chi connectivity index (χ2v) is 3.02. The van der Waals surface area contributed by atoms with E-state index in [2.05, 4.69) is 4.74 Å². The Labute approximate surface area is 91.0 Å². The zero-order valence-electron chi connectivity index (χ0n) is 8.82. The Kier molecular flexibility index (Phi) is 3.55. The molecule has 0 spiro atoms. The molecule has 0 unspecified atom stereocenters. The maximum atomic E-state index is 13.4. The molecule has 5 nitrogen and oxygen atoms in total. The fourth-order valence-electron chi connectivity index (χ4n) is 1.46. The van der Waals surface area contributed by atoms with Crippen LogP contribution in [0.1, 0.15) is 22.8 Å². The molecular formula is C10H10FNO4. The van der Waals surface area contributed by atoms with Gasteiger partial charge in [0.25, 0.3) is 5.69 Å². The van der Waals surface area contributed by atoms with E-state index in [-0.39, 0.29) is 23.2 Å². The highest BCUT2D eigenvalue weighted by molar-refractivity contribution is 5.92. The van der Waals surface area contributed by atoms with Crippen molar-refractivity contribution in [1.29, 1.82) is 0 Å². The van der Waals surface area contributed by atoms with Crippen LogP contribution in [0.2, 0.25) is 0 Å². The first-order chi connectivity index (χ1) is 7.52. The number of carbonyl (C=O) groups is 1. The molecule has 0 amide bonds. The lowest BCUT2D eigenvalue weighted by Crippen LogP contribution is -2.10. The van der Waals surface area contributed by atoms with Gasteiger partial charge in [-0.15, -0.1) is 0 Å². The number of halogens is 1. The van der Waals surface area contributed by atoms with E-state index < -0.39 is 16.7 Å². The minimum Gasteiger partial charge on any atom is -0.465 e. The maximum Gasteiger partial charge on any atom is 0.341 e. The molecular weight excluding hydrogens is 217 g/mol. The molecule has 0 atom stereocenters. The van der Waals surface area contributed by atoms with E-state index in [1.165, 1.54) is 0 Å². The molecule has 0 aliphatic heterocycles. The summed E-state index contributed by atoms with van der Waals surface area (Å²) in [5.41, 5.74) is -0.583. The average molecular weight is 227 g/mol. The van der Waals surface area contributed by atoms with Crippen LogP contribution < -0.4 is 0 Å². The second-order valence-electron chi connectivity index (χ2n) is 3.02. The van der Waals surface area contributed by atoms with Gasteiger partial charge in [-0.2, -0.15) is 0 Å². The number of hydrogen-bond donors (Lipinski definition) is 0. The highest BCUT2D eigenvalue weighted by atomic mass is 19.1. The Balaban J connectivity index is 3.50. The van der Waals surface area contributed by atoms with Crippen LogP contribution in [0.5, 0.6) is 0 Å². The third kappa shape index (κ3) is 2.00. The molecule has 0 aliphatic carbocycles. The van der Waals surface area contributed by atoms with Crippen molar-refractivity contribution in [3.63, 3.8) is 0 Å².